The number of halogens is 1. The van der Waals surface area contributed by atoms with Gasteiger partial charge in [0.2, 0.25) is 0 Å². The van der Waals surface area contributed by atoms with Crippen molar-refractivity contribution in [3.8, 4) is 5.75 Å². The van der Waals surface area contributed by atoms with Gasteiger partial charge in [0.1, 0.15) is 5.75 Å². The maximum absolute atomic E-state index is 10.6. The number of carbonyl (C=O) groups excluding carboxylic acids is 1. The van der Waals surface area contributed by atoms with Crippen molar-refractivity contribution >= 4 is 16.8 Å². The summed E-state index contributed by atoms with van der Waals surface area (Å²) in [5.74, 6) is 0.636. The highest BCUT2D eigenvalue weighted by Crippen LogP contribution is 2.13. The van der Waals surface area contributed by atoms with Crippen LogP contribution in [-0.4, -0.2) is 12.4 Å². The number of carbonyl (C=O) groups is 1. The van der Waals surface area contributed by atoms with E-state index in [1.807, 2.05) is 18.2 Å². The molecule has 2 aromatic rings. The molecule has 3 heteroatoms. The summed E-state index contributed by atoms with van der Waals surface area (Å²) in [6.07, 6.45) is 0. The minimum absolute atomic E-state index is 0.450. The normalized spacial score (nSPS) is 9.06. The molecule has 0 radical (unpaired) electrons. The number of hydrogen-bond acceptors (Lipinski definition) is 2. The van der Waals surface area contributed by atoms with Gasteiger partial charge in [0, 0.05) is 5.56 Å². The van der Waals surface area contributed by atoms with Crippen LogP contribution in [0.4, 0.5) is 0 Å². The summed E-state index contributed by atoms with van der Waals surface area (Å²) >= 11 is 5.24. The fraction of sp³-hybridized carbons (Fsp3) is 0.133. The number of rotatable bonds is 2. The molecule has 94 valence electrons. The van der Waals surface area contributed by atoms with Crippen LogP contribution >= 0.6 is 11.6 Å². The van der Waals surface area contributed by atoms with Gasteiger partial charge >= 0.3 is 0 Å². The van der Waals surface area contributed by atoms with Crippen molar-refractivity contribution in [2.24, 2.45) is 0 Å². The predicted octanol–water partition coefficient (Wildman–Crippen LogP) is 4.07. The number of hydrogen-bond donors (Lipinski definition) is 0. The first-order chi connectivity index (χ1) is 8.63. The standard InChI is InChI=1S/C8H7ClO2.C7H8/c1-11-7-4-2-3-6(5-7)8(9)10;1-7-5-3-2-4-6-7/h2-5H,1H3;2-6H,1H3. The van der Waals surface area contributed by atoms with Gasteiger partial charge in [-0.1, -0.05) is 42.0 Å². The molecule has 18 heavy (non-hydrogen) atoms. The highest BCUT2D eigenvalue weighted by molar-refractivity contribution is 6.67. The smallest absolute Gasteiger partial charge is 0.252 e. The fourth-order valence-electron chi connectivity index (χ4n) is 1.28. The maximum Gasteiger partial charge on any atom is 0.252 e. The second-order valence-corrected chi connectivity index (χ2v) is 4.00. The molecule has 0 heterocycles. The second-order valence-electron chi connectivity index (χ2n) is 3.66. The Kier molecular flexibility index (Phi) is 5.95. The van der Waals surface area contributed by atoms with Crippen LogP contribution in [0.2, 0.25) is 0 Å². The van der Waals surface area contributed by atoms with E-state index in [1.54, 1.807) is 24.3 Å². The van der Waals surface area contributed by atoms with E-state index in [0.29, 0.717) is 11.3 Å². The van der Waals surface area contributed by atoms with Crippen LogP contribution in [0.3, 0.4) is 0 Å². The Hall–Kier alpha value is -1.80. The number of methoxy groups -OCH3 is 1. The summed E-state index contributed by atoms with van der Waals surface area (Å²) in [7, 11) is 1.54. The predicted molar refractivity (Wildman–Crippen MR) is 74.4 cm³/mol. The molecule has 0 aliphatic rings. The van der Waals surface area contributed by atoms with Crippen LogP contribution in [0.25, 0.3) is 0 Å². The van der Waals surface area contributed by atoms with Crippen LogP contribution in [-0.2, 0) is 0 Å². The van der Waals surface area contributed by atoms with Crippen molar-refractivity contribution in [2.75, 3.05) is 7.11 Å². The molecule has 2 nitrogen and oxygen atoms in total. The first-order valence-electron chi connectivity index (χ1n) is 5.49. The van der Waals surface area contributed by atoms with E-state index < -0.39 is 5.24 Å². The molecule has 0 spiro atoms. The molecule has 0 aromatic heterocycles. The summed E-state index contributed by atoms with van der Waals surface area (Å²) in [6, 6.07) is 17.0. The zero-order chi connectivity index (χ0) is 13.4. The molecule has 0 saturated heterocycles. The third-order valence-corrected chi connectivity index (χ3v) is 2.46. The lowest BCUT2D eigenvalue weighted by Crippen LogP contribution is -1.89. The van der Waals surface area contributed by atoms with Crippen molar-refractivity contribution in [3.63, 3.8) is 0 Å². The third kappa shape index (κ3) is 5.02. The van der Waals surface area contributed by atoms with Gasteiger partial charge < -0.3 is 4.74 Å². The molecular weight excluding hydrogens is 248 g/mol. The summed E-state index contributed by atoms with van der Waals surface area (Å²) < 4.78 is 4.89. The molecule has 0 bridgehead atoms. The minimum atomic E-state index is -0.469. The SMILES string of the molecule is COc1cccc(C(=O)Cl)c1.Cc1ccccc1. The Morgan fingerprint density at radius 1 is 1.06 bits per heavy atom. The molecule has 2 aromatic carbocycles. The van der Waals surface area contributed by atoms with Gasteiger partial charge in [0.15, 0.2) is 0 Å². The Labute approximate surface area is 112 Å². The number of benzene rings is 2. The molecule has 0 aliphatic heterocycles. The molecule has 0 amide bonds. The molecule has 0 unspecified atom stereocenters. The Morgan fingerprint density at radius 3 is 2.17 bits per heavy atom. The van der Waals surface area contributed by atoms with E-state index in [9.17, 15) is 4.79 Å². The van der Waals surface area contributed by atoms with Crippen LogP contribution < -0.4 is 4.74 Å². The average molecular weight is 263 g/mol. The van der Waals surface area contributed by atoms with Gasteiger partial charge in [-0.25, -0.2) is 0 Å². The van der Waals surface area contributed by atoms with E-state index >= 15 is 0 Å². The van der Waals surface area contributed by atoms with E-state index in [4.69, 9.17) is 16.3 Å². The van der Waals surface area contributed by atoms with Crippen molar-refractivity contribution in [3.05, 3.63) is 65.7 Å². The first kappa shape index (κ1) is 14.3. The van der Waals surface area contributed by atoms with Crippen LogP contribution in [0.5, 0.6) is 5.75 Å². The van der Waals surface area contributed by atoms with Crippen LogP contribution in [0.1, 0.15) is 15.9 Å². The van der Waals surface area contributed by atoms with Crippen LogP contribution in [0.15, 0.2) is 54.6 Å². The van der Waals surface area contributed by atoms with E-state index in [0.717, 1.165) is 0 Å². The molecule has 0 saturated carbocycles. The van der Waals surface area contributed by atoms with Crippen molar-refractivity contribution in [1.82, 2.24) is 0 Å². The summed E-state index contributed by atoms with van der Waals surface area (Å²) in [5, 5.41) is -0.469. The van der Waals surface area contributed by atoms with Gasteiger partial charge in [-0.05, 0) is 36.7 Å². The zero-order valence-corrected chi connectivity index (χ0v) is 11.1. The van der Waals surface area contributed by atoms with Gasteiger partial charge in [0.25, 0.3) is 5.24 Å². The molecular formula is C15H15ClO2. The summed E-state index contributed by atoms with van der Waals surface area (Å²) in [6.45, 7) is 2.08. The molecule has 0 atom stereocenters. The highest BCUT2D eigenvalue weighted by atomic mass is 35.5. The lowest BCUT2D eigenvalue weighted by Gasteiger charge is -1.98. The quantitative estimate of drug-likeness (QED) is 0.763. The van der Waals surface area contributed by atoms with Crippen molar-refractivity contribution < 1.29 is 9.53 Å². The average Bonchev–Trinajstić information content (AvgIpc) is 2.40. The highest BCUT2D eigenvalue weighted by Gasteiger charge is 2.01. The van der Waals surface area contributed by atoms with Crippen LogP contribution in [0, 0.1) is 6.92 Å². The monoisotopic (exact) mass is 262 g/mol. The van der Waals surface area contributed by atoms with Crippen molar-refractivity contribution in [1.29, 1.82) is 0 Å². The first-order valence-corrected chi connectivity index (χ1v) is 5.87. The number of ether oxygens (including phenoxy) is 1. The molecule has 0 N–H and O–H groups in total. The minimum Gasteiger partial charge on any atom is -0.497 e. The Balaban J connectivity index is 0.000000199. The largest absolute Gasteiger partial charge is 0.497 e. The van der Waals surface area contributed by atoms with Crippen molar-refractivity contribution in [2.45, 2.75) is 6.92 Å². The Bertz CT molecular complexity index is 495. The fourth-order valence-corrected chi connectivity index (χ4v) is 1.40. The lowest BCUT2D eigenvalue weighted by molar-refractivity contribution is 0.108. The molecule has 0 fully saturated rings. The van der Waals surface area contributed by atoms with Gasteiger partial charge in [-0.15, -0.1) is 0 Å². The van der Waals surface area contributed by atoms with E-state index in [1.165, 1.54) is 12.7 Å². The molecule has 0 aliphatic carbocycles. The van der Waals surface area contributed by atoms with Gasteiger partial charge in [-0.3, -0.25) is 4.79 Å². The molecule has 2 rings (SSSR count). The third-order valence-electron chi connectivity index (χ3n) is 2.24. The van der Waals surface area contributed by atoms with Gasteiger partial charge in [-0.2, -0.15) is 0 Å². The topological polar surface area (TPSA) is 26.3 Å². The second kappa shape index (κ2) is 7.51. The maximum atomic E-state index is 10.6. The lowest BCUT2D eigenvalue weighted by atomic mass is 10.2. The van der Waals surface area contributed by atoms with E-state index in [-0.39, 0.29) is 0 Å². The zero-order valence-electron chi connectivity index (χ0n) is 10.4. The van der Waals surface area contributed by atoms with E-state index in [2.05, 4.69) is 19.1 Å². The Morgan fingerprint density at radius 2 is 1.72 bits per heavy atom. The van der Waals surface area contributed by atoms with Gasteiger partial charge in [0.05, 0.1) is 7.11 Å². The number of aryl methyl sites for hydroxylation is 1. The summed E-state index contributed by atoms with van der Waals surface area (Å²) in [4.78, 5) is 10.6. The summed E-state index contributed by atoms with van der Waals surface area (Å²) in [5.41, 5.74) is 1.77.